The van der Waals surface area contributed by atoms with Gasteiger partial charge in [-0.05, 0) is 30.5 Å². The van der Waals surface area contributed by atoms with Gasteiger partial charge < -0.3 is 14.6 Å². The molecule has 0 radical (unpaired) electrons. The molecule has 0 bridgehead atoms. The normalized spacial score (nSPS) is 25.0. The van der Waals surface area contributed by atoms with Crippen molar-refractivity contribution in [3.05, 3.63) is 29.8 Å². The van der Waals surface area contributed by atoms with Crippen LogP contribution >= 0.6 is 0 Å². The molecule has 1 fully saturated rings. The second kappa shape index (κ2) is 5.65. The number of rotatable bonds is 5. The topological polar surface area (TPSA) is 89.9 Å². The van der Waals surface area contributed by atoms with E-state index in [0.717, 1.165) is 0 Å². The van der Waals surface area contributed by atoms with Gasteiger partial charge in [-0.15, -0.1) is 0 Å². The maximum atomic E-state index is 12.0. The standard InChI is InChI=1S/C14H18O6S/c1-19-13(16)9-20-12-5-3-10(4-6-12)14(21(2,17)18)7-11(15)8-14/h3-6,11,15H,7-9H2,1-2H3. The number of ether oxygens (including phenoxy) is 2. The minimum absolute atomic E-state index is 0.203. The van der Waals surface area contributed by atoms with Gasteiger partial charge in [0.1, 0.15) is 10.5 Å². The van der Waals surface area contributed by atoms with Crippen molar-refractivity contribution in [2.45, 2.75) is 23.7 Å². The van der Waals surface area contributed by atoms with E-state index in [4.69, 9.17) is 4.74 Å². The highest BCUT2D eigenvalue weighted by Gasteiger charge is 2.52. The van der Waals surface area contributed by atoms with Crippen molar-refractivity contribution in [2.75, 3.05) is 20.0 Å². The molecule has 1 N–H and O–H groups in total. The molecule has 1 aliphatic rings. The Morgan fingerprint density at radius 1 is 1.33 bits per heavy atom. The van der Waals surface area contributed by atoms with Crippen molar-refractivity contribution in [3.63, 3.8) is 0 Å². The van der Waals surface area contributed by atoms with E-state index in [1.165, 1.54) is 13.4 Å². The molecule has 1 aromatic rings. The van der Waals surface area contributed by atoms with E-state index in [1.807, 2.05) is 0 Å². The van der Waals surface area contributed by atoms with Gasteiger partial charge in [-0.25, -0.2) is 13.2 Å². The first-order chi connectivity index (χ1) is 9.78. The summed E-state index contributed by atoms with van der Waals surface area (Å²) >= 11 is 0. The van der Waals surface area contributed by atoms with Crippen LogP contribution in [0.2, 0.25) is 0 Å². The molecular formula is C14H18O6S. The zero-order valence-corrected chi connectivity index (χ0v) is 12.7. The SMILES string of the molecule is COC(=O)COc1ccc(C2(S(C)(=O)=O)CC(O)C2)cc1. The summed E-state index contributed by atoms with van der Waals surface area (Å²) in [7, 11) is -2.06. The number of hydrogen-bond donors (Lipinski definition) is 1. The third kappa shape index (κ3) is 3.03. The second-order valence-electron chi connectivity index (χ2n) is 5.22. The highest BCUT2D eigenvalue weighted by molar-refractivity contribution is 7.91. The molecule has 0 heterocycles. The van der Waals surface area contributed by atoms with Crippen molar-refractivity contribution < 1.29 is 27.8 Å². The molecule has 1 saturated carbocycles. The first kappa shape index (κ1) is 15.8. The van der Waals surface area contributed by atoms with Gasteiger partial charge in [0.05, 0.1) is 13.2 Å². The molecule has 0 saturated heterocycles. The van der Waals surface area contributed by atoms with E-state index < -0.39 is 26.7 Å². The summed E-state index contributed by atoms with van der Waals surface area (Å²) in [6.45, 7) is -0.203. The summed E-state index contributed by atoms with van der Waals surface area (Å²) in [5.74, 6) is -0.0403. The summed E-state index contributed by atoms with van der Waals surface area (Å²) in [6.07, 6.45) is 0.998. The van der Waals surface area contributed by atoms with Crippen LogP contribution in [0.1, 0.15) is 18.4 Å². The lowest BCUT2D eigenvalue weighted by molar-refractivity contribution is -0.142. The third-order valence-corrected chi connectivity index (χ3v) is 5.79. The molecule has 1 aromatic carbocycles. The molecule has 1 aliphatic carbocycles. The monoisotopic (exact) mass is 314 g/mol. The molecule has 7 heteroatoms. The lowest BCUT2D eigenvalue weighted by atomic mass is 9.76. The number of carbonyl (C=O) groups excluding carboxylic acids is 1. The molecule has 21 heavy (non-hydrogen) atoms. The Bertz CT molecular complexity index is 613. The van der Waals surface area contributed by atoms with Crippen LogP contribution in [0.15, 0.2) is 24.3 Å². The smallest absolute Gasteiger partial charge is 0.343 e. The molecule has 116 valence electrons. The number of methoxy groups -OCH3 is 1. The predicted molar refractivity (Wildman–Crippen MR) is 75.7 cm³/mol. The predicted octanol–water partition coefficient (Wildman–Crippen LogP) is 0.633. The van der Waals surface area contributed by atoms with Crippen LogP contribution in [0.25, 0.3) is 0 Å². The van der Waals surface area contributed by atoms with Crippen LogP contribution in [0.4, 0.5) is 0 Å². The first-order valence-electron chi connectivity index (χ1n) is 6.46. The molecular weight excluding hydrogens is 296 g/mol. The van der Waals surface area contributed by atoms with Crippen molar-refractivity contribution in [1.82, 2.24) is 0 Å². The van der Waals surface area contributed by atoms with E-state index in [1.54, 1.807) is 24.3 Å². The number of aliphatic hydroxyl groups is 1. The zero-order chi connectivity index (χ0) is 15.7. The maximum Gasteiger partial charge on any atom is 0.343 e. The Balaban J connectivity index is 2.16. The molecule has 0 atom stereocenters. The summed E-state index contributed by atoms with van der Waals surface area (Å²) in [4.78, 5) is 11.0. The Morgan fingerprint density at radius 3 is 2.33 bits per heavy atom. The minimum Gasteiger partial charge on any atom is -0.482 e. The number of benzene rings is 1. The van der Waals surface area contributed by atoms with Gasteiger partial charge in [-0.3, -0.25) is 0 Å². The number of sulfone groups is 1. The van der Waals surface area contributed by atoms with E-state index in [9.17, 15) is 18.3 Å². The number of esters is 1. The lowest BCUT2D eigenvalue weighted by Gasteiger charge is -2.44. The minimum atomic E-state index is -3.33. The van der Waals surface area contributed by atoms with Gasteiger partial charge >= 0.3 is 5.97 Å². The largest absolute Gasteiger partial charge is 0.482 e. The fraction of sp³-hybridized carbons (Fsp3) is 0.500. The molecule has 0 unspecified atom stereocenters. The molecule has 6 nitrogen and oxygen atoms in total. The summed E-state index contributed by atoms with van der Waals surface area (Å²) in [5.41, 5.74) is 0.626. The van der Waals surface area contributed by atoms with Crippen molar-refractivity contribution in [3.8, 4) is 5.75 Å². The quantitative estimate of drug-likeness (QED) is 0.802. The highest BCUT2D eigenvalue weighted by Crippen LogP contribution is 2.48. The van der Waals surface area contributed by atoms with Crippen molar-refractivity contribution >= 4 is 15.8 Å². The molecule has 2 rings (SSSR count). The molecule has 0 amide bonds. The Kier molecular flexibility index (Phi) is 4.25. The van der Waals surface area contributed by atoms with Crippen molar-refractivity contribution in [2.24, 2.45) is 0 Å². The average Bonchev–Trinajstić information content (AvgIpc) is 2.40. The highest BCUT2D eigenvalue weighted by atomic mass is 32.2. The maximum absolute atomic E-state index is 12.0. The third-order valence-electron chi connectivity index (χ3n) is 3.81. The Morgan fingerprint density at radius 2 is 1.90 bits per heavy atom. The van der Waals surface area contributed by atoms with Gasteiger partial charge in [-0.1, -0.05) is 12.1 Å². The summed E-state index contributed by atoms with van der Waals surface area (Å²) in [5, 5.41) is 9.49. The lowest BCUT2D eigenvalue weighted by Crippen LogP contribution is -2.49. The second-order valence-corrected chi connectivity index (χ2v) is 7.54. The van der Waals surface area contributed by atoms with Crippen LogP contribution in [-0.4, -0.2) is 45.6 Å². The van der Waals surface area contributed by atoms with Crippen LogP contribution in [0.5, 0.6) is 5.75 Å². The Hall–Kier alpha value is -1.60. The van der Waals surface area contributed by atoms with Gasteiger partial charge in [0, 0.05) is 6.26 Å². The fourth-order valence-corrected chi connectivity index (χ4v) is 4.06. The number of hydrogen-bond acceptors (Lipinski definition) is 6. The van der Waals surface area contributed by atoms with E-state index in [0.29, 0.717) is 11.3 Å². The number of carbonyl (C=O) groups is 1. The van der Waals surface area contributed by atoms with Gasteiger partial charge in [0.25, 0.3) is 0 Å². The van der Waals surface area contributed by atoms with E-state index in [-0.39, 0.29) is 19.4 Å². The van der Waals surface area contributed by atoms with Gasteiger partial charge in [0.2, 0.25) is 0 Å². The molecule has 0 aliphatic heterocycles. The van der Waals surface area contributed by atoms with Crippen LogP contribution in [0, 0.1) is 0 Å². The fourth-order valence-electron chi connectivity index (χ4n) is 2.51. The number of aliphatic hydroxyl groups excluding tert-OH is 1. The summed E-state index contributed by atoms with van der Waals surface area (Å²) in [6, 6.07) is 6.52. The van der Waals surface area contributed by atoms with Crippen LogP contribution < -0.4 is 4.74 Å². The summed E-state index contributed by atoms with van der Waals surface area (Å²) < 4.78 is 32.7. The zero-order valence-electron chi connectivity index (χ0n) is 11.9. The average molecular weight is 314 g/mol. The molecule has 0 aromatic heterocycles. The van der Waals surface area contributed by atoms with E-state index >= 15 is 0 Å². The Labute approximate surface area is 123 Å². The van der Waals surface area contributed by atoms with Gasteiger partial charge in [0.15, 0.2) is 16.4 Å². The van der Waals surface area contributed by atoms with Gasteiger partial charge in [-0.2, -0.15) is 0 Å². The van der Waals surface area contributed by atoms with Crippen molar-refractivity contribution in [1.29, 1.82) is 0 Å². The van der Waals surface area contributed by atoms with Crippen LogP contribution in [0.3, 0.4) is 0 Å². The first-order valence-corrected chi connectivity index (χ1v) is 8.35. The van der Waals surface area contributed by atoms with Crippen LogP contribution in [-0.2, 0) is 24.1 Å². The molecule has 0 spiro atoms. The van der Waals surface area contributed by atoms with E-state index in [2.05, 4.69) is 4.74 Å².